The maximum Gasteiger partial charge on any atom is 0.451 e. The average molecular weight is 330 g/mol. The van der Waals surface area contributed by atoms with Crippen LogP contribution >= 0.6 is 0 Å². The van der Waals surface area contributed by atoms with Gasteiger partial charge >= 0.3 is 13.1 Å². The van der Waals surface area contributed by atoms with Crippen LogP contribution in [0.3, 0.4) is 0 Å². The highest BCUT2D eigenvalue weighted by molar-refractivity contribution is 6.40. The molecule has 23 heavy (non-hydrogen) atoms. The van der Waals surface area contributed by atoms with Crippen LogP contribution in [0.15, 0.2) is 0 Å². The summed E-state index contributed by atoms with van der Waals surface area (Å²) in [6, 6.07) is -0.713. The van der Waals surface area contributed by atoms with Gasteiger partial charge < -0.3 is 37.3 Å². The molecule has 1 fully saturated rings. The van der Waals surface area contributed by atoms with Crippen molar-refractivity contribution in [3.05, 3.63) is 0 Å². The van der Waals surface area contributed by atoms with Gasteiger partial charge in [0.2, 0.25) is 5.91 Å². The second kappa shape index (κ2) is 8.60. The van der Waals surface area contributed by atoms with Gasteiger partial charge in [0, 0.05) is 19.0 Å². The Bertz CT molecular complexity index is 425. The Hall–Kier alpha value is -1.20. The van der Waals surface area contributed by atoms with Gasteiger partial charge in [-0.1, -0.05) is 6.42 Å². The van der Waals surface area contributed by atoms with Crippen LogP contribution in [0.25, 0.3) is 0 Å². The summed E-state index contributed by atoms with van der Waals surface area (Å²) in [6.07, 6.45) is 2.00. The number of carbonyl (C=O) groups is 2. The first-order valence-corrected chi connectivity index (χ1v) is 7.85. The fourth-order valence-corrected chi connectivity index (χ4v) is 2.94. The molecule has 0 bridgehead atoms. The number of likely N-dealkylation sites (tertiary alicyclic amines) is 1. The van der Waals surface area contributed by atoms with Crippen molar-refractivity contribution >= 4 is 19.0 Å². The molecule has 9 nitrogen and oxygen atoms in total. The van der Waals surface area contributed by atoms with E-state index in [0.29, 0.717) is 32.2 Å². The van der Waals surface area contributed by atoms with Gasteiger partial charge in [-0.3, -0.25) is 9.59 Å². The summed E-state index contributed by atoms with van der Waals surface area (Å²) in [7, 11) is -1.43. The van der Waals surface area contributed by atoms with Crippen molar-refractivity contribution in [1.29, 1.82) is 0 Å². The van der Waals surface area contributed by atoms with Gasteiger partial charge in [0.1, 0.15) is 5.54 Å². The van der Waals surface area contributed by atoms with Crippen molar-refractivity contribution in [3.8, 4) is 0 Å². The normalized spacial score (nSPS) is 25.4. The fraction of sp³-hybridized carbons (Fsp3) is 0.846. The number of rotatable bonds is 9. The number of carboxylic acid groups (broad SMARTS) is 1. The van der Waals surface area contributed by atoms with Crippen molar-refractivity contribution in [2.75, 3.05) is 19.6 Å². The third kappa shape index (κ3) is 5.15. The summed E-state index contributed by atoms with van der Waals surface area (Å²) in [5.74, 6) is -1.94. The van der Waals surface area contributed by atoms with Gasteiger partial charge in [0.05, 0.1) is 6.04 Å². The number of hydrogen-bond donors (Lipinski definition) is 6. The Balaban J connectivity index is 2.71. The summed E-state index contributed by atoms with van der Waals surface area (Å²) < 4.78 is 0. The number of carbonyl (C=O) groups excluding carboxylic acids is 1. The molecule has 10 heteroatoms. The minimum absolute atomic E-state index is 0.0934. The maximum absolute atomic E-state index is 12.3. The largest absolute Gasteiger partial charge is 0.480 e. The molecule has 0 unspecified atom stereocenters. The minimum Gasteiger partial charge on any atom is -0.480 e. The molecule has 3 atom stereocenters. The lowest BCUT2D eigenvalue weighted by atomic mass is 9.78. The van der Waals surface area contributed by atoms with Crippen LogP contribution in [-0.4, -0.2) is 70.3 Å². The zero-order valence-electron chi connectivity index (χ0n) is 13.2. The van der Waals surface area contributed by atoms with Crippen molar-refractivity contribution in [1.82, 2.24) is 4.90 Å². The van der Waals surface area contributed by atoms with E-state index < -0.39 is 30.6 Å². The van der Waals surface area contributed by atoms with Crippen molar-refractivity contribution in [3.63, 3.8) is 0 Å². The lowest BCUT2D eigenvalue weighted by Gasteiger charge is -2.25. The predicted octanol–water partition coefficient (Wildman–Crippen LogP) is -2.45. The van der Waals surface area contributed by atoms with Crippen LogP contribution in [0.2, 0.25) is 6.32 Å². The monoisotopic (exact) mass is 330 g/mol. The number of nitrogens with two attached hydrogens (primary N) is 3. The van der Waals surface area contributed by atoms with Gasteiger partial charge in [-0.25, -0.2) is 0 Å². The SMILES string of the molecule is NCCC[C@H](N)C(=O)N1C[C@H](CCCB(O)O)[C@](N)(C(=O)O)C1. The molecule has 0 aromatic heterocycles. The Morgan fingerprint density at radius 2 is 2.00 bits per heavy atom. The predicted molar refractivity (Wildman–Crippen MR) is 85.1 cm³/mol. The van der Waals surface area contributed by atoms with E-state index in [4.69, 9.17) is 27.2 Å². The topological polar surface area (TPSA) is 176 Å². The van der Waals surface area contributed by atoms with E-state index in [1.54, 1.807) is 0 Å². The van der Waals surface area contributed by atoms with Gasteiger partial charge in [-0.2, -0.15) is 0 Å². The molecule has 1 rings (SSSR count). The van der Waals surface area contributed by atoms with Crippen molar-refractivity contribution < 1.29 is 24.7 Å². The van der Waals surface area contributed by atoms with E-state index >= 15 is 0 Å². The molecule has 0 saturated carbocycles. The lowest BCUT2D eigenvalue weighted by Crippen LogP contribution is -2.55. The number of hydrogen-bond acceptors (Lipinski definition) is 7. The van der Waals surface area contributed by atoms with Crippen LogP contribution in [0.5, 0.6) is 0 Å². The smallest absolute Gasteiger partial charge is 0.451 e. The van der Waals surface area contributed by atoms with Crippen molar-refractivity contribution in [2.45, 2.75) is 43.6 Å². The molecule has 1 saturated heterocycles. The number of aliphatic carboxylic acids is 1. The second-order valence-electron chi connectivity index (χ2n) is 6.21. The van der Waals surface area contributed by atoms with Crippen LogP contribution < -0.4 is 17.2 Å². The first-order valence-electron chi connectivity index (χ1n) is 7.85. The van der Waals surface area contributed by atoms with Crippen LogP contribution in [-0.2, 0) is 9.59 Å². The highest BCUT2D eigenvalue weighted by atomic mass is 16.4. The molecular weight excluding hydrogens is 303 g/mol. The molecule has 1 amide bonds. The molecule has 1 aliphatic rings. The molecule has 1 aliphatic heterocycles. The van der Waals surface area contributed by atoms with E-state index in [-0.39, 0.29) is 25.3 Å². The van der Waals surface area contributed by atoms with Crippen molar-refractivity contribution in [2.24, 2.45) is 23.1 Å². The summed E-state index contributed by atoms with van der Waals surface area (Å²) in [6.45, 7) is 0.548. The molecule has 0 aliphatic carbocycles. The molecule has 1 heterocycles. The third-order valence-corrected chi connectivity index (χ3v) is 4.38. The highest BCUT2D eigenvalue weighted by Gasteiger charge is 2.50. The summed E-state index contributed by atoms with van der Waals surface area (Å²) >= 11 is 0. The molecule has 0 spiro atoms. The van der Waals surface area contributed by atoms with Gasteiger partial charge in [-0.15, -0.1) is 0 Å². The van der Waals surface area contributed by atoms with Crippen LogP contribution in [0.1, 0.15) is 25.7 Å². The zero-order valence-corrected chi connectivity index (χ0v) is 13.2. The van der Waals surface area contributed by atoms with Crippen LogP contribution in [0, 0.1) is 5.92 Å². The average Bonchev–Trinajstić information content (AvgIpc) is 2.82. The zero-order chi connectivity index (χ0) is 17.6. The Labute approximate surface area is 135 Å². The highest BCUT2D eigenvalue weighted by Crippen LogP contribution is 2.31. The van der Waals surface area contributed by atoms with E-state index in [9.17, 15) is 14.7 Å². The molecule has 132 valence electrons. The number of amides is 1. The first-order chi connectivity index (χ1) is 10.7. The van der Waals surface area contributed by atoms with Gasteiger partial charge in [0.25, 0.3) is 0 Å². The summed E-state index contributed by atoms with van der Waals surface area (Å²) in [4.78, 5) is 25.3. The third-order valence-electron chi connectivity index (χ3n) is 4.38. The number of nitrogens with zero attached hydrogens (tertiary/aromatic N) is 1. The fourth-order valence-electron chi connectivity index (χ4n) is 2.94. The molecular formula is C13H27BN4O5. The van der Waals surface area contributed by atoms with Gasteiger partial charge in [0.15, 0.2) is 0 Å². The Morgan fingerprint density at radius 3 is 2.52 bits per heavy atom. The quantitative estimate of drug-likeness (QED) is 0.252. The lowest BCUT2D eigenvalue weighted by molar-refractivity contribution is -0.144. The van der Waals surface area contributed by atoms with Crippen LogP contribution in [0.4, 0.5) is 0 Å². The Kier molecular flexibility index (Phi) is 7.42. The standard InChI is InChI=1S/C13H27BN4O5/c15-6-2-4-10(16)11(19)18-7-9(3-1-5-14(22)23)13(17,8-18)12(20)21/h9-10,22-23H,1-8,15-17H2,(H,20,21)/t9-,10-,13-/m0/s1. The maximum atomic E-state index is 12.3. The Morgan fingerprint density at radius 1 is 1.35 bits per heavy atom. The molecule has 0 aromatic carbocycles. The van der Waals surface area contributed by atoms with E-state index in [1.807, 2.05) is 0 Å². The van der Waals surface area contributed by atoms with E-state index in [1.165, 1.54) is 4.90 Å². The number of carboxylic acids is 1. The first kappa shape index (κ1) is 19.9. The minimum atomic E-state index is -1.54. The summed E-state index contributed by atoms with van der Waals surface area (Å²) in [5, 5.41) is 27.2. The molecule has 0 aromatic rings. The molecule has 0 radical (unpaired) electrons. The van der Waals surface area contributed by atoms with E-state index in [2.05, 4.69) is 0 Å². The molecule has 9 N–H and O–H groups in total. The second-order valence-corrected chi connectivity index (χ2v) is 6.21. The van der Waals surface area contributed by atoms with E-state index in [0.717, 1.165) is 0 Å². The summed E-state index contributed by atoms with van der Waals surface area (Å²) in [5.41, 5.74) is 15.7. The van der Waals surface area contributed by atoms with Gasteiger partial charge in [-0.05, 0) is 32.1 Å².